The third kappa shape index (κ3) is 3.27. The van der Waals surface area contributed by atoms with E-state index < -0.39 is 5.60 Å². The lowest BCUT2D eigenvalue weighted by Crippen LogP contribution is -2.50. The summed E-state index contributed by atoms with van der Waals surface area (Å²) in [6, 6.07) is 3.39. The molecule has 3 rings (SSSR count). The molecule has 6 nitrogen and oxygen atoms in total. The van der Waals surface area contributed by atoms with Crippen LogP contribution in [0.1, 0.15) is 44.4 Å². The molecule has 0 spiro atoms. The number of pyridine rings is 1. The van der Waals surface area contributed by atoms with Crippen LogP contribution in [0.5, 0.6) is 0 Å². The van der Waals surface area contributed by atoms with Gasteiger partial charge in [0.15, 0.2) is 0 Å². The molecule has 3 heterocycles. The smallest absolute Gasteiger partial charge is 0.410 e. The number of rotatable bonds is 1. The van der Waals surface area contributed by atoms with Crippen molar-refractivity contribution >= 4 is 6.09 Å². The predicted octanol–water partition coefficient (Wildman–Crippen LogP) is 1.69. The fourth-order valence-corrected chi connectivity index (χ4v) is 3.58. The van der Waals surface area contributed by atoms with E-state index in [2.05, 4.69) is 0 Å². The van der Waals surface area contributed by atoms with E-state index in [1.165, 1.54) is 6.07 Å². The first-order valence-electron chi connectivity index (χ1n) is 8.09. The average Bonchev–Trinajstić information content (AvgIpc) is 2.46. The Morgan fingerprint density at radius 2 is 2.04 bits per heavy atom. The summed E-state index contributed by atoms with van der Waals surface area (Å²) in [6.45, 7) is 7.23. The first-order chi connectivity index (χ1) is 10.8. The highest BCUT2D eigenvalue weighted by molar-refractivity contribution is 5.68. The van der Waals surface area contributed by atoms with Crippen LogP contribution in [-0.2, 0) is 17.9 Å². The number of hydrogen-bond donors (Lipinski definition) is 1. The van der Waals surface area contributed by atoms with E-state index in [0.29, 0.717) is 25.2 Å². The van der Waals surface area contributed by atoms with Gasteiger partial charge in [-0.3, -0.25) is 4.79 Å². The van der Waals surface area contributed by atoms with Crippen LogP contribution in [0.25, 0.3) is 0 Å². The number of fused-ring (bicyclic) bond motifs is 4. The van der Waals surface area contributed by atoms with E-state index in [-0.39, 0.29) is 30.1 Å². The van der Waals surface area contributed by atoms with Crippen molar-refractivity contribution in [3.63, 3.8) is 0 Å². The minimum absolute atomic E-state index is 0.0630. The topological polar surface area (TPSA) is 71.8 Å². The van der Waals surface area contributed by atoms with E-state index in [1.54, 1.807) is 9.47 Å². The number of likely N-dealkylation sites (tertiary alicyclic amines) is 1. The second kappa shape index (κ2) is 5.67. The van der Waals surface area contributed by atoms with Crippen LogP contribution in [0, 0.1) is 5.92 Å². The zero-order chi connectivity index (χ0) is 16.8. The van der Waals surface area contributed by atoms with Gasteiger partial charge >= 0.3 is 6.09 Å². The van der Waals surface area contributed by atoms with Crippen LogP contribution >= 0.6 is 0 Å². The zero-order valence-electron chi connectivity index (χ0n) is 13.9. The van der Waals surface area contributed by atoms with E-state index >= 15 is 0 Å². The molecule has 0 aromatic carbocycles. The van der Waals surface area contributed by atoms with Gasteiger partial charge in [-0.1, -0.05) is 0 Å². The van der Waals surface area contributed by atoms with Crippen molar-refractivity contribution in [1.29, 1.82) is 0 Å². The van der Waals surface area contributed by atoms with Gasteiger partial charge in [0.2, 0.25) is 0 Å². The molecule has 2 aliphatic heterocycles. The Bertz CT molecular complexity index is 674. The maximum Gasteiger partial charge on any atom is 0.410 e. The molecule has 1 fully saturated rings. The third-order valence-electron chi connectivity index (χ3n) is 4.45. The molecule has 2 bridgehead atoms. The number of piperidine rings is 1. The molecule has 23 heavy (non-hydrogen) atoms. The Kier molecular flexibility index (Phi) is 3.96. The highest BCUT2D eigenvalue weighted by Gasteiger charge is 2.37. The molecule has 1 amide bonds. The number of carbonyl (C=O) groups is 1. The van der Waals surface area contributed by atoms with Gasteiger partial charge in [0.05, 0.1) is 6.61 Å². The number of nitrogens with zero attached hydrogens (tertiary/aromatic N) is 2. The minimum atomic E-state index is -0.511. The zero-order valence-corrected chi connectivity index (χ0v) is 13.9. The Morgan fingerprint density at radius 1 is 1.30 bits per heavy atom. The monoisotopic (exact) mass is 320 g/mol. The van der Waals surface area contributed by atoms with Gasteiger partial charge in [-0.05, 0) is 44.7 Å². The number of carbonyl (C=O) groups excluding carboxylic acids is 1. The highest BCUT2D eigenvalue weighted by atomic mass is 16.6. The van der Waals surface area contributed by atoms with E-state index in [4.69, 9.17) is 4.74 Å². The molecule has 0 aliphatic carbocycles. The number of aliphatic hydroxyl groups is 1. The quantitative estimate of drug-likeness (QED) is 0.855. The minimum Gasteiger partial charge on any atom is -0.444 e. The van der Waals surface area contributed by atoms with Crippen molar-refractivity contribution in [3.05, 3.63) is 33.7 Å². The second-order valence-electron chi connectivity index (χ2n) is 7.58. The van der Waals surface area contributed by atoms with Gasteiger partial charge < -0.3 is 19.3 Å². The lowest BCUT2D eigenvalue weighted by atomic mass is 9.83. The predicted molar refractivity (Wildman–Crippen MR) is 85.3 cm³/mol. The summed E-state index contributed by atoms with van der Waals surface area (Å²) >= 11 is 0. The molecule has 1 N–H and O–H groups in total. The number of aliphatic hydroxyl groups excluding tert-OH is 1. The van der Waals surface area contributed by atoms with Crippen LogP contribution in [0.2, 0.25) is 0 Å². The molecule has 0 radical (unpaired) electrons. The molecule has 1 unspecified atom stereocenters. The largest absolute Gasteiger partial charge is 0.444 e. The molecular weight excluding hydrogens is 296 g/mol. The Hall–Kier alpha value is -1.82. The normalized spacial score (nSPS) is 23.4. The van der Waals surface area contributed by atoms with Crippen molar-refractivity contribution in [2.75, 3.05) is 13.1 Å². The van der Waals surface area contributed by atoms with E-state index in [1.807, 2.05) is 26.8 Å². The molecule has 126 valence electrons. The number of amides is 1. The van der Waals surface area contributed by atoms with Crippen molar-refractivity contribution in [2.45, 2.75) is 51.9 Å². The Morgan fingerprint density at radius 3 is 2.70 bits per heavy atom. The highest BCUT2D eigenvalue weighted by Crippen LogP contribution is 2.35. The summed E-state index contributed by atoms with van der Waals surface area (Å²) in [4.78, 5) is 26.3. The fourth-order valence-electron chi connectivity index (χ4n) is 3.58. The van der Waals surface area contributed by atoms with Crippen molar-refractivity contribution in [2.24, 2.45) is 5.92 Å². The van der Waals surface area contributed by atoms with Crippen molar-refractivity contribution in [1.82, 2.24) is 9.47 Å². The van der Waals surface area contributed by atoms with Crippen molar-refractivity contribution < 1.29 is 14.6 Å². The SMILES string of the molecule is CC(C)(C)OC(=O)N1CC2C[C@@H](C1)c1cc(CO)cc(=O)n1C2. The number of aromatic nitrogens is 1. The number of ether oxygens (including phenoxy) is 1. The first-order valence-corrected chi connectivity index (χ1v) is 8.09. The van der Waals surface area contributed by atoms with Crippen LogP contribution in [0.3, 0.4) is 0 Å². The summed E-state index contributed by atoms with van der Waals surface area (Å²) in [5, 5.41) is 9.32. The fraction of sp³-hybridized carbons (Fsp3) is 0.647. The molecule has 6 heteroatoms. The maximum absolute atomic E-state index is 12.3. The van der Waals surface area contributed by atoms with Gasteiger partial charge in [0.25, 0.3) is 5.56 Å². The summed E-state index contributed by atoms with van der Waals surface area (Å²) in [7, 11) is 0. The first kappa shape index (κ1) is 16.1. The summed E-state index contributed by atoms with van der Waals surface area (Å²) < 4.78 is 7.27. The van der Waals surface area contributed by atoms with Gasteiger partial charge in [-0.25, -0.2) is 4.79 Å². The van der Waals surface area contributed by atoms with Gasteiger partial charge in [-0.15, -0.1) is 0 Å². The third-order valence-corrected chi connectivity index (χ3v) is 4.45. The number of hydrogen-bond acceptors (Lipinski definition) is 4. The van der Waals surface area contributed by atoms with Crippen LogP contribution in [0.4, 0.5) is 4.79 Å². The lowest BCUT2D eigenvalue weighted by Gasteiger charge is -2.43. The second-order valence-corrected chi connectivity index (χ2v) is 7.58. The van der Waals surface area contributed by atoms with Crippen LogP contribution in [0.15, 0.2) is 16.9 Å². The molecule has 0 saturated carbocycles. The molecular formula is C17H24N2O4. The average molecular weight is 320 g/mol. The lowest BCUT2D eigenvalue weighted by molar-refractivity contribution is 0.0101. The summed E-state index contributed by atoms with van der Waals surface area (Å²) in [6.07, 6.45) is 0.675. The summed E-state index contributed by atoms with van der Waals surface area (Å²) in [5.41, 5.74) is 0.981. The van der Waals surface area contributed by atoms with Crippen molar-refractivity contribution in [3.8, 4) is 0 Å². The molecule has 1 saturated heterocycles. The molecule has 2 atom stereocenters. The molecule has 1 aromatic rings. The molecule has 1 aromatic heterocycles. The van der Waals surface area contributed by atoms with Gasteiger partial charge in [0, 0.05) is 37.3 Å². The molecule has 2 aliphatic rings. The Labute approximate surface area is 135 Å². The van der Waals surface area contributed by atoms with Crippen LogP contribution < -0.4 is 5.56 Å². The maximum atomic E-state index is 12.3. The Balaban J connectivity index is 1.86. The van der Waals surface area contributed by atoms with Gasteiger partial charge in [-0.2, -0.15) is 0 Å². The standard InChI is InChI=1S/C17H24N2O4/c1-17(2,3)23-16(22)18-7-12-4-13(9-18)14-5-11(10-20)6-15(21)19(14)8-12/h5-6,12-13,20H,4,7-10H2,1-3H3/t12?,13-/m0/s1. The van der Waals surface area contributed by atoms with Gasteiger partial charge in [0.1, 0.15) is 5.60 Å². The van der Waals surface area contributed by atoms with E-state index in [9.17, 15) is 14.7 Å². The van der Waals surface area contributed by atoms with Crippen LogP contribution in [-0.4, -0.2) is 39.4 Å². The van der Waals surface area contributed by atoms with E-state index in [0.717, 1.165) is 12.1 Å². The summed E-state index contributed by atoms with van der Waals surface area (Å²) in [5.74, 6) is 0.390.